The first-order chi connectivity index (χ1) is 10.2. The van der Waals surface area contributed by atoms with Crippen LogP contribution in [0.2, 0.25) is 0 Å². The molecule has 0 bridgehead atoms. The summed E-state index contributed by atoms with van der Waals surface area (Å²) in [5.74, 6) is -0.300. The number of rotatable bonds is 7. The minimum atomic E-state index is -0.755. The van der Waals surface area contributed by atoms with Crippen LogP contribution in [0.4, 0.5) is 0 Å². The zero-order chi connectivity index (χ0) is 15.1. The van der Waals surface area contributed by atoms with E-state index in [1.807, 2.05) is 30.3 Å². The molecule has 1 N–H and O–H groups in total. The van der Waals surface area contributed by atoms with Crippen molar-refractivity contribution in [2.45, 2.75) is 12.7 Å². The van der Waals surface area contributed by atoms with Crippen molar-refractivity contribution in [3.8, 4) is 0 Å². The number of hydrogen-bond acceptors (Lipinski definition) is 5. The molecule has 1 unspecified atom stereocenters. The van der Waals surface area contributed by atoms with Crippen molar-refractivity contribution in [3.63, 3.8) is 0 Å². The number of benzene rings is 1. The van der Waals surface area contributed by atoms with E-state index in [1.165, 1.54) is 17.2 Å². The van der Waals surface area contributed by atoms with Gasteiger partial charge in [0.25, 0.3) is 5.91 Å². The van der Waals surface area contributed by atoms with Gasteiger partial charge in [0.05, 0.1) is 19.3 Å². The molecule has 1 aromatic carbocycles. The lowest BCUT2D eigenvalue weighted by atomic mass is 10.2. The Hall–Kier alpha value is -2.18. The maximum Gasteiger partial charge on any atom is 0.275 e. The largest absolute Gasteiger partial charge is 0.389 e. The molecule has 1 aromatic heterocycles. The van der Waals surface area contributed by atoms with Crippen LogP contribution in [0.15, 0.2) is 47.2 Å². The molecule has 0 aliphatic heterocycles. The highest BCUT2D eigenvalue weighted by Crippen LogP contribution is 2.03. The average Bonchev–Trinajstić information content (AvgIpc) is 3.01. The quantitative estimate of drug-likeness (QED) is 0.832. The van der Waals surface area contributed by atoms with Gasteiger partial charge in [-0.2, -0.15) is 0 Å². The van der Waals surface area contributed by atoms with Crippen molar-refractivity contribution < 1.29 is 19.2 Å². The SMILES string of the molecule is CN(CC(O)COCc1ccccc1)C(=O)c1ccon1. The van der Waals surface area contributed by atoms with Gasteiger partial charge in [-0.05, 0) is 5.56 Å². The summed E-state index contributed by atoms with van der Waals surface area (Å²) in [5, 5.41) is 13.4. The van der Waals surface area contributed by atoms with E-state index in [0.717, 1.165) is 5.56 Å². The van der Waals surface area contributed by atoms with Gasteiger partial charge in [0.1, 0.15) is 6.26 Å². The summed E-state index contributed by atoms with van der Waals surface area (Å²) >= 11 is 0. The van der Waals surface area contributed by atoms with Crippen molar-refractivity contribution in [1.82, 2.24) is 10.1 Å². The molecule has 0 aliphatic carbocycles. The van der Waals surface area contributed by atoms with E-state index < -0.39 is 6.10 Å². The Labute approximate surface area is 122 Å². The van der Waals surface area contributed by atoms with Gasteiger partial charge in [0.2, 0.25) is 0 Å². The Morgan fingerprint density at radius 1 is 1.38 bits per heavy atom. The molecule has 1 atom stereocenters. The van der Waals surface area contributed by atoms with Crippen molar-refractivity contribution in [2.75, 3.05) is 20.2 Å². The Bertz CT molecular complexity index is 542. The summed E-state index contributed by atoms with van der Waals surface area (Å²) in [6.07, 6.45) is 0.579. The van der Waals surface area contributed by atoms with Gasteiger partial charge in [-0.3, -0.25) is 4.79 Å². The van der Waals surface area contributed by atoms with Gasteiger partial charge in [-0.1, -0.05) is 35.5 Å². The van der Waals surface area contributed by atoms with Gasteiger partial charge in [-0.15, -0.1) is 0 Å². The topological polar surface area (TPSA) is 75.8 Å². The third-order valence-electron chi connectivity index (χ3n) is 2.91. The Morgan fingerprint density at radius 2 is 2.14 bits per heavy atom. The van der Waals surface area contributed by atoms with Gasteiger partial charge < -0.3 is 19.3 Å². The lowest BCUT2D eigenvalue weighted by molar-refractivity contribution is 0.0135. The van der Waals surface area contributed by atoms with Crippen molar-refractivity contribution in [2.24, 2.45) is 0 Å². The summed E-state index contributed by atoms with van der Waals surface area (Å²) in [6.45, 7) is 0.755. The third kappa shape index (κ3) is 4.70. The molecular weight excluding hydrogens is 272 g/mol. The highest BCUT2D eigenvalue weighted by molar-refractivity contribution is 5.91. The number of hydrogen-bond donors (Lipinski definition) is 1. The highest BCUT2D eigenvalue weighted by atomic mass is 16.5. The standard InChI is InChI=1S/C15H18N2O4/c1-17(15(19)14-7-8-21-16-14)9-13(18)11-20-10-12-5-3-2-4-6-12/h2-8,13,18H,9-11H2,1H3. The molecule has 21 heavy (non-hydrogen) atoms. The molecule has 0 spiro atoms. The fraction of sp³-hybridized carbons (Fsp3) is 0.333. The molecule has 6 nitrogen and oxygen atoms in total. The zero-order valence-corrected chi connectivity index (χ0v) is 11.8. The molecule has 1 heterocycles. The molecular formula is C15H18N2O4. The number of aromatic nitrogens is 1. The van der Waals surface area contributed by atoms with Crippen LogP contribution in [-0.2, 0) is 11.3 Å². The van der Waals surface area contributed by atoms with E-state index in [4.69, 9.17) is 4.74 Å². The maximum atomic E-state index is 11.9. The molecule has 0 radical (unpaired) electrons. The van der Waals surface area contributed by atoms with E-state index in [9.17, 15) is 9.90 Å². The summed E-state index contributed by atoms with van der Waals surface area (Å²) in [4.78, 5) is 13.3. The fourth-order valence-corrected chi connectivity index (χ4v) is 1.86. The van der Waals surface area contributed by atoms with Crippen molar-refractivity contribution in [1.29, 1.82) is 0 Å². The Morgan fingerprint density at radius 3 is 2.81 bits per heavy atom. The molecule has 1 amide bonds. The first-order valence-electron chi connectivity index (χ1n) is 6.62. The minimum absolute atomic E-state index is 0.158. The van der Waals surface area contributed by atoms with Crippen LogP contribution in [0.5, 0.6) is 0 Å². The van der Waals surface area contributed by atoms with E-state index in [-0.39, 0.29) is 24.8 Å². The summed E-state index contributed by atoms with van der Waals surface area (Å²) in [5.41, 5.74) is 1.26. The number of nitrogens with zero attached hydrogens (tertiary/aromatic N) is 2. The number of carbonyl (C=O) groups excluding carboxylic acids is 1. The number of ether oxygens (including phenoxy) is 1. The predicted octanol–water partition coefficient (Wildman–Crippen LogP) is 1.32. The normalized spacial score (nSPS) is 12.1. The molecule has 0 saturated carbocycles. The summed E-state index contributed by atoms with van der Waals surface area (Å²) in [6, 6.07) is 11.2. The number of likely N-dealkylation sites (N-methyl/N-ethyl adjacent to an activating group) is 1. The van der Waals surface area contributed by atoms with E-state index in [1.54, 1.807) is 7.05 Å². The van der Waals surface area contributed by atoms with Crippen LogP contribution in [-0.4, -0.2) is 47.4 Å². The lowest BCUT2D eigenvalue weighted by Gasteiger charge is -2.19. The first kappa shape index (κ1) is 15.2. The van der Waals surface area contributed by atoms with Crippen LogP contribution in [0.1, 0.15) is 16.1 Å². The predicted molar refractivity (Wildman–Crippen MR) is 75.6 cm³/mol. The van der Waals surface area contributed by atoms with Crippen LogP contribution in [0, 0.1) is 0 Å². The second-order valence-corrected chi connectivity index (χ2v) is 4.72. The van der Waals surface area contributed by atoms with Crippen LogP contribution >= 0.6 is 0 Å². The van der Waals surface area contributed by atoms with E-state index >= 15 is 0 Å². The molecule has 0 aliphatic rings. The number of aliphatic hydroxyl groups excluding tert-OH is 1. The molecule has 2 rings (SSSR count). The highest BCUT2D eigenvalue weighted by Gasteiger charge is 2.17. The molecule has 112 valence electrons. The Kier molecular flexibility index (Phi) is 5.48. The molecule has 0 fully saturated rings. The average molecular weight is 290 g/mol. The summed E-state index contributed by atoms with van der Waals surface area (Å²) < 4.78 is 10.1. The van der Waals surface area contributed by atoms with Gasteiger partial charge in [0, 0.05) is 19.7 Å². The van der Waals surface area contributed by atoms with Crippen LogP contribution < -0.4 is 0 Å². The van der Waals surface area contributed by atoms with Gasteiger partial charge in [0.15, 0.2) is 5.69 Å². The first-order valence-corrected chi connectivity index (χ1v) is 6.62. The maximum absolute atomic E-state index is 11.9. The second kappa shape index (κ2) is 7.56. The smallest absolute Gasteiger partial charge is 0.275 e. The van der Waals surface area contributed by atoms with Crippen molar-refractivity contribution >= 4 is 5.91 Å². The minimum Gasteiger partial charge on any atom is -0.389 e. The summed E-state index contributed by atoms with van der Waals surface area (Å²) in [7, 11) is 1.59. The molecule has 2 aromatic rings. The lowest BCUT2D eigenvalue weighted by Crippen LogP contribution is -2.36. The number of amides is 1. The monoisotopic (exact) mass is 290 g/mol. The molecule has 6 heteroatoms. The van der Waals surface area contributed by atoms with Crippen molar-refractivity contribution in [3.05, 3.63) is 53.9 Å². The van der Waals surface area contributed by atoms with Crippen LogP contribution in [0.25, 0.3) is 0 Å². The second-order valence-electron chi connectivity index (χ2n) is 4.72. The number of aliphatic hydroxyl groups is 1. The Balaban J connectivity index is 1.71. The third-order valence-corrected chi connectivity index (χ3v) is 2.91. The van der Waals surface area contributed by atoms with E-state index in [0.29, 0.717) is 6.61 Å². The van der Waals surface area contributed by atoms with Crippen LogP contribution in [0.3, 0.4) is 0 Å². The molecule has 0 saturated heterocycles. The fourth-order valence-electron chi connectivity index (χ4n) is 1.86. The van der Waals surface area contributed by atoms with E-state index in [2.05, 4.69) is 9.68 Å². The zero-order valence-electron chi connectivity index (χ0n) is 11.8. The number of carbonyl (C=O) groups is 1. The van der Waals surface area contributed by atoms with Gasteiger partial charge >= 0.3 is 0 Å². The van der Waals surface area contributed by atoms with Gasteiger partial charge in [-0.25, -0.2) is 0 Å².